The molecule has 1 fully saturated rings. The summed E-state index contributed by atoms with van der Waals surface area (Å²) in [5.41, 5.74) is 3.16. The summed E-state index contributed by atoms with van der Waals surface area (Å²) < 4.78 is 0. The van der Waals surface area contributed by atoms with E-state index in [4.69, 9.17) is 0 Å². The first-order valence-electron chi connectivity index (χ1n) is 8.31. The van der Waals surface area contributed by atoms with Crippen LogP contribution in [0.3, 0.4) is 0 Å². The molecule has 0 bridgehead atoms. The molecule has 0 atom stereocenters. The van der Waals surface area contributed by atoms with Crippen molar-refractivity contribution in [2.45, 2.75) is 39.0 Å². The minimum Gasteiger partial charge on any atom is -0.354 e. The first-order chi connectivity index (χ1) is 11.2. The minimum absolute atomic E-state index is 0.108. The standard InChI is InChI=1S/C19H23N3O/c1-14-7-9-16(10-8-14)21-17-11-12-18(20-13-17)22-19(23)15-5-3-2-4-6-15/h7-13,15,21H,2-6H2,1H3,(H,20,22,23). The van der Waals surface area contributed by atoms with Gasteiger partial charge in [-0.15, -0.1) is 0 Å². The van der Waals surface area contributed by atoms with Gasteiger partial charge in [-0.1, -0.05) is 37.0 Å². The smallest absolute Gasteiger partial charge is 0.228 e. The van der Waals surface area contributed by atoms with Crippen molar-refractivity contribution in [1.82, 2.24) is 4.98 Å². The summed E-state index contributed by atoms with van der Waals surface area (Å²) in [5.74, 6) is 0.877. The number of nitrogens with zero attached hydrogens (tertiary/aromatic N) is 1. The van der Waals surface area contributed by atoms with Gasteiger partial charge in [0, 0.05) is 11.6 Å². The van der Waals surface area contributed by atoms with E-state index >= 15 is 0 Å². The SMILES string of the molecule is Cc1ccc(Nc2ccc(NC(=O)C3CCCCC3)nc2)cc1. The quantitative estimate of drug-likeness (QED) is 0.864. The fraction of sp³-hybridized carbons (Fsp3) is 0.368. The normalized spacial score (nSPS) is 15.2. The largest absolute Gasteiger partial charge is 0.354 e. The number of hydrogen-bond acceptors (Lipinski definition) is 3. The molecule has 1 aromatic carbocycles. The molecule has 1 heterocycles. The van der Waals surface area contributed by atoms with E-state index in [1.54, 1.807) is 6.20 Å². The Kier molecular flexibility index (Phi) is 4.91. The van der Waals surface area contributed by atoms with Crippen molar-refractivity contribution in [3.63, 3.8) is 0 Å². The van der Waals surface area contributed by atoms with E-state index in [0.717, 1.165) is 37.1 Å². The molecule has 0 radical (unpaired) electrons. The van der Waals surface area contributed by atoms with Gasteiger partial charge >= 0.3 is 0 Å². The molecule has 0 spiro atoms. The molecule has 2 N–H and O–H groups in total. The van der Waals surface area contributed by atoms with E-state index in [1.807, 2.05) is 24.3 Å². The minimum atomic E-state index is 0.108. The molecule has 3 rings (SSSR count). The highest BCUT2D eigenvalue weighted by atomic mass is 16.1. The molecular weight excluding hydrogens is 286 g/mol. The second kappa shape index (κ2) is 7.27. The Balaban J connectivity index is 1.58. The van der Waals surface area contributed by atoms with Crippen molar-refractivity contribution in [3.05, 3.63) is 48.2 Å². The highest BCUT2D eigenvalue weighted by molar-refractivity contribution is 5.91. The maximum absolute atomic E-state index is 12.2. The van der Waals surface area contributed by atoms with Crippen LogP contribution in [0.4, 0.5) is 17.2 Å². The molecule has 4 heteroatoms. The summed E-state index contributed by atoms with van der Waals surface area (Å²) in [5, 5.41) is 6.23. The van der Waals surface area contributed by atoms with Gasteiger partial charge in [-0.2, -0.15) is 0 Å². The Morgan fingerprint density at radius 3 is 2.35 bits per heavy atom. The highest BCUT2D eigenvalue weighted by Crippen LogP contribution is 2.25. The molecule has 0 unspecified atom stereocenters. The summed E-state index contributed by atoms with van der Waals surface area (Å²) in [7, 11) is 0. The van der Waals surface area contributed by atoms with E-state index in [2.05, 4.69) is 34.7 Å². The number of carbonyl (C=O) groups is 1. The van der Waals surface area contributed by atoms with E-state index < -0.39 is 0 Å². The van der Waals surface area contributed by atoms with Crippen LogP contribution in [0.25, 0.3) is 0 Å². The third kappa shape index (κ3) is 4.31. The van der Waals surface area contributed by atoms with Gasteiger partial charge in [0.15, 0.2) is 0 Å². The van der Waals surface area contributed by atoms with E-state index in [1.165, 1.54) is 12.0 Å². The zero-order chi connectivity index (χ0) is 16.1. The van der Waals surface area contributed by atoms with Crippen LogP contribution in [0.2, 0.25) is 0 Å². The molecular formula is C19H23N3O. The molecule has 1 saturated carbocycles. The molecule has 120 valence electrons. The molecule has 1 amide bonds. The third-order valence-corrected chi connectivity index (χ3v) is 4.33. The van der Waals surface area contributed by atoms with Gasteiger partial charge in [-0.25, -0.2) is 4.98 Å². The van der Waals surface area contributed by atoms with Gasteiger partial charge in [-0.05, 0) is 44.0 Å². The maximum atomic E-state index is 12.2. The number of aromatic nitrogens is 1. The Hall–Kier alpha value is -2.36. The number of hydrogen-bond donors (Lipinski definition) is 2. The van der Waals surface area contributed by atoms with E-state index in [0.29, 0.717) is 5.82 Å². The van der Waals surface area contributed by atoms with Gasteiger partial charge in [0.1, 0.15) is 5.82 Å². The van der Waals surface area contributed by atoms with Crippen LogP contribution >= 0.6 is 0 Å². The Bertz CT molecular complexity index is 643. The van der Waals surface area contributed by atoms with Gasteiger partial charge in [0.25, 0.3) is 0 Å². The van der Waals surface area contributed by atoms with Crippen molar-refractivity contribution in [2.75, 3.05) is 10.6 Å². The zero-order valence-electron chi connectivity index (χ0n) is 13.5. The third-order valence-electron chi connectivity index (χ3n) is 4.33. The van der Waals surface area contributed by atoms with E-state index in [9.17, 15) is 4.79 Å². The summed E-state index contributed by atoms with van der Waals surface area (Å²) in [6, 6.07) is 12.0. The van der Waals surface area contributed by atoms with Gasteiger partial charge in [-0.3, -0.25) is 4.79 Å². The predicted molar refractivity (Wildman–Crippen MR) is 93.9 cm³/mol. The van der Waals surface area contributed by atoms with E-state index in [-0.39, 0.29) is 11.8 Å². The molecule has 1 aliphatic carbocycles. The number of carbonyl (C=O) groups excluding carboxylic acids is 1. The summed E-state index contributed by atoms with van der Waals surface area (Å²) in [6.07, 6.45) is 7.31. The average Bonchev–Trinajstić information content (AvgIpc) is 2.59. The van der Waals surface area contributed by atoms with Crippen molar-refractivity contribution in [3.8, 4) is 0 Å². The van der Waals surface area contributed by atoms with Crippen molar-refractivity contribution in [1.29, 1.82) is 0 Å². The van der Waals surface area contributed by atoms with Crippen molar-refractivity contribution < 1.29 is 4.79 Å². The van der Waals surface area contributed by atoms with Crippen molar-refractivity contribution in [2.24, 2.45) is 5.92 Å². The lowest BCUT2D eigenvalue weighted by atomic mass is 9.89. The fourth-order valence-electron chi connectivity index (χ4n) is 2.94. The fourth-order valence-corrected chi connectivity index (χ4v) is 2.94. The molecule has 4 nitrogen and oxygen atoms in total. The van der Waals surface area contributed by atoms with Crippen LogP contribution in [-0.4, -0.2) is 10.9 Å². The first kappa shape index (κ1) is 15.5. The highest BCUT2D eigenvalue weighted by Gasteiger charge is 2.21. The number of amides is 1. The van der Waals surface area contributed by atoms with Gasteiger partial charge in [0.05, 0.1) is 11.9 Å². The number of anilines is 3. The number of nitrogens with one attached hydrogen (secondary N) is 2. The first-order valence-corrected chi connectivity index (χ1v) is 8.31. The molecule has 0 aliphatic heterocycles. The Morgan fingerprint density at radius 1 is 1.00 bits per heavy atom. The van der Waals surface area contributed by atoms with Crippen LogP contribution in [0, 0.1) is 12.8 Å². The lowest BCUT2D eigenvalue weighted by Gasteiger charge is -2.20. The summed E-state index contributed by atoms with van der Waals surface area (Å²) in [4.78, 5) is 16.5. The van der Waals surface area contributed by atoms with Crippen LogP contribution in [-0.2, 0) is 4.79 Å². The Morgan fingerprint density at radius 2 is 1.70 bits per heavy atom. The second-order valence-corrected chi connectivity index (χ2v) is 6.25. The molecule has 1 aromatic heterocycles. The molecule has 0 saturated heterocycles. The van der Waals surface area contributed by atoms with Crippen LogP contribution in [0.5, 0.6) is 0 Å². The second-order valence-electron chi connectivity index (χ2n) is 6.25. The van der Waals surface area contributed by atoms with Gasteiger partial charge < -0.3 is 10.6 Å². The molecule has 2 aromatic rings. The summed E-state index contributed by atoms with van der Waals surface area (Å²) in [6.45, 7) is 2.06. The monoisotopic (exact) mass is 309 g/mol. The van der Waals surface area contributed by atoms with Crippen LogP contribution < -0.4 is 10.6 Å². The number of benzene rings is 1. The molecule has 1 aliphatic rings. The lowest BCUT2D eigenvalue weighted by Crippen LogP contribution is -2.25. The summed E-state index contributed by atoms with van der Waals surface area (Å²) >= 11 is 0. The van der Waals surface area contributed by atoms with Crippen molar-refractivity contribution >= 4 is 23.1 Å². The van der Waals surface area contributed by atoms with Gasteiger partial charge in [0.2, 0.25) is 5.91 Å². The zero-order valence-corrected chi connectivity index (χ0v) is 13.5. The number of aryl methyl sites for hydroxylation is 1. The molecule has 23 heavy (non-hydrogen) atoms. The lowest BCUT2D eigenvalue weighted by molar-refractivity contribution is -0.120. The predicted octanol–water partition coefficient (Wildman–Crippen LogP) is 4.65. The number of pyridine rings is 1. The average molecular weight is 309 g/mol. The topological polar surface area (TPSA) is 54.0 Å². The van der Waals surface area contributed by atoms with Crippen LogP contribution in [0.15, 0.2) is 42.6 Å². The number of rotatable bonds is 4. The Labute approximate surface area is 137 Å². The van der Waals surface area contributed by atoms with Crippen LogP contribution in [0.1, 0.15) is 37.7 Å². The maximum Gasteiger partial charge on any atom is 0.228 e.